The molecule has 0 radical (unpaired) electrons. The maximum Gasteiger partial charge on any atom is 0.247 e. The van der Waals surface area contributed by atoms with Gasteiger partial charge in [0.25, 0.3) is 0 Å². The van der Waals surface area contributed by atoms with Gasteiger partial charge in [0.1, 0.15) is 6.67 Å². The summed E-state index contributed by atoms with van der Waals surface area (Å²) in [5.41, 5.74) is -2.96. The smallest absolute Gasteiger partial charge is 0.247 e. The lowest BCUT2D eigenvalue weighted by Crippen LogP contribution is -2.33. The topological polar surface area (TPSA) is 60.2 Å². The van der Waals surface area contributed by atoms with Crippen molar-refractivity contribution in [1.82, 2.24) is 0 Å². The molecule has 0 bridgehead atoms. The predicted molar refractivity (Wildman–Crippen MR) is 28.9 cm³/mol. The Labute approximate surface area is 56.1 Å². The molecule has 0 aromatic rings. The van der Waals surface area contributed by atoms with Crippen LogP contribution in [0.1, 0.15) is 0 Å². The standard InChI is InChI=1S/C3H6F3NO2S/c4-1-2(5)3(6)10(7,8)9/h2-3H,1H2,(H2,7,8,9). The van der Waals surface area contributed by atoms with Crippen LogP contribution >= 0.6 is 0 Å². The predicted octanol–water partition coefficient (Wildman–Crippen LogP) is -0.122. The highest BCUT2D eigenvalue weighted by Gasteiger charge is 2.30. The monoisotopic (exact) mass is 177 g/mol. The molecule has 0 aliphatic carbocycles. The first-order valence-electron chi connectivity index (χ1n) is 2.25. The first kappa shape index (κ1) is 9.70. The van der Waals surface area contributed by atoms with E-state index < -0.39 is 28.4 Å². The van der Waals surface area contributed by atoms with Gasteiger partial charge in [-0.1, -0.05) is 0 Å². The van der Waals surface area contributed by atoms with E-state index in [1.54, 1.807) is 0 Å². The first-order chi connectivity index (χ1) is 4.39. The lowest BCUT2D eigenvalue weighted by Gasteiger charge is -2.06. The van der Waals surface area contributed by atoms with Crippen LogP contribution in [-0.4, -0.2) is 26.8 Å². The van der Waals surface area contributed by atoms with E-state index in [0.29, 0.717) is 0 Å². The van der Waals surface area contributed by atoms with Gasteiger partial charge in [0.15, 0.2) is 6.17 Å². The van der Waals surface area contributed by atoms with Crippen molar-refractivity contribution >= 4 is 10.0 Å². The molecular weight excluding hydrogens is 171 g/mol. The molecule has 7 heteroatoms. The first-order valence-corrected chi connectivity index (χ1v) is 3.86. The molecule has 0 spiro atoms. The van der Waals surface area contributed by atoms with Gasteiger partial charge in [-0.2, -0.15) is 0 Å². The van der Waals surface area contributed by atoms with E-state index in [0.717, 1.165) is 0 Å². The molecular formula is C3H6F3NO2S. The molecule has 0 fully saturated rings. The number of alkyl halides is 3. The van der Waals surface area contributed by atoms with Crippen molar-refractivity contribution in [1.29, 1.82) is 0 Å². The third-order valence-electron chi connectivity index (χ3n) is 0.746. The van der Waals surface area contributed by atoms with E-state index in [9.17, 15) is 21.6 Å². The van der Waals surface area contributed by atoms with Gasteiger partial charge in [-0.05, 0) is 0 Å². The van der Waals surface area contributed by atoms with Gasteiger partial charge in [0, 0.05) is 0 Å². The van der Waals surface area contributed by atoms with E-state index in [2.05, 4.69) is 5.14 Å². The molecule has 2 unspecified atom stereocenters. The van der Waals surface area contributed by atoms with E-state index in [1.807, 2.05) is 0 Å². The Morgan fingerprint density at radius 1 is 1.40 bits per heavy atom. The van der Waals surface area contributed by atoms with Crippen LogP contribution in [0.3, 0.4) is 0 Å². The fraction of sp³-hybridized carbons (Fsp3) is 1.00. The van der Waals surface area contributed by atoms with Gasteiger partial charge in [-0.15, -0.1) is 0 Å². The molecule has 0 saturated heterocycles. The van der Waals surface area contributed by atoms with Gasteiger partial charge in [-0.25, -0.2) is 26.7 Å². The Morgan fingerprint density at radius 3 is 1.90 bits per heavy atom. The fourth-order valence-corrected chi connectivity index (χ4v) is 0.760. The Kier molecular flexibility index (Phi) is 3.10. The van der Waals surface area contributed by atoms with Crippen LogP contribution < -0.4 is 5.14 Å². The van der Waals surface area contributed by atoms with Gasteiger partial charge in [0.2, 0.25) is 15.5 Å². The van der Waals surface area contributed by atoms with Gasteiger partial charge in [-0.3, -0.25) is 0 Å². The summed E-state index contributed by atoms with van der Waals surface area (Å²) in [6.07, 6.45) is -2.69. The average Bonchev–Trinajstić information content (AvgIpc) is 1.83. The summed E-state index contributed by atoms with van der Waals surface area (Å²) in [5, 5.41) is 4.15. The summed E-state index contributed by atoms with van der Waals surface area (Å²) < 4.78 is 54.9. The molecule has 10 heavy (non-hydrogen) atoms. The third-order valence-corrected chi connectivity index (χ3v) is 1.67. The minimum absolute atomic E-state index is 1.70. The zero-order valence-electron chi connectivity index (χ0n) is 4.80. The molecule has 0 saturated carbocycles. The zero-order valence-corrected chi connectivity index (χ0v) is 5.61. The Balaban J connectivity index is 4.23. The molecule has 0 heterocycles. The second kappa shape index (κ2) is 3.20. The molecule has 2 atom stereocenters. The molecule has 62 valence electrons. The normalized spacial score (nSPS) is 18.4. The molecule has 3 nitrogen and oxygen atoms in total. The van der Waals surface area contributed by atoms with Crippen molar-refractivity contribution in [2.24, 2.45) is 5.14 Å². The summed E-state index contributed by atoms with van der Waals surface area (Å²) in [5.74, 6) is 0. The van der Waals surface area contributed by atoms with Crippen LogP contribution in [0, 0.1) is 0 Å². The van der Waals surface area contributed by atoms with E-state index in [4.69, 9.17) is 0 Å². The summed E-state index contributed by atoms with van der Waals surface area (Å²) in [4.78, 5) is 0. The van der Waals surface area contributed by atoms with Gasteiger partial charge >= 0.3 is 0 Å². The highest BCUT2D eigenvalue weighted by molar-refractivity contribution is 7.89. The van der Waals surface area contributed by atoms with Crippen molar-refractivity contribution in [2.45, 2.75) is 11.7 Å². The largest absolute Gasteiger partial charge is 0.248 e. The van der Waals surface area contributed by atoms with Crippen LogP contribution in [-0.2, 0) is 10.0 Å². The second-order valence-corrected chi connectivity index (χ2v) is 3.24. The number of primary sulfonamides is 1. The van der Waals surface area contributed by atoms with Crippen LogP contribution in [0.4, 0.5) is 13.2 Å². The maximum absolute atomic E-state index is 12.0. The third kappa shape index (κ3) is 2.53. The van der Waals surface area contributed by atoms with Gasteiger partial charge in [0.05, 0.1) is 0 Å². The van der Waals surface area contributed by atoms with Crippen LogP contribution in [0.5, 0.6) is 0 Å². The average molecular weight is 177 g/mol. The number of hydrogen-bond acceptors (Lipinski definition) is 2. The Morgan fingerprint density at radius 2 is 1.80 bits per heavy atom. The molecule has 0 aromatic heterocycles. The van der Waals surface area contributed by atoms with Crippen molar-refractivity contribution in [3.05, 3.63) is 0 Å². The number of sulfonamides is 1. The minimum atomic E-state index is -4.60. The van der Waals surface area contributed by atoms with E-state index in [1.165, 1.54) is 0 Å². The molecule has 0 rings (SSSR count). The Hall–Kier alpha value is -0.300. The zero-order chi connectivity index (χ0) is 8.36. The van der Waals surface area contributed by atoms with Crippen LogP contribution in [0.15, 0.2) is 0 Å². The second-order valence-electron chi connectivity index (χ2n) is 1.61. The van der Waals surface area contributed by atoms with Crippen molar-refractivity contribution in [3.63, 3.8) is 0 Å². The minimum Gasteiger partial charge on any atom is -0.248 e. The quantitative estimate of drug-likeness (QED) is 0.653. The van der Waals surface area contributed by atoms with Crippen molar-refractivity contribution in [3.8, 4) is 0 Å². The van der Waals surface area contributed by atoms with E-state index in [-0.39, 0.29) is 0 Å². The summed E-state index contributed by atoms with van der Waals surface area (Å²) in [6, 6.07) is 0. The number of nitrogens with two attached hydrogens (primary N) is 1. The molecule has 0 aromatic carbocycles. The molecule has 0 aliphatic rings. The van der Waals surface area contributed by atoms with Crippen molar-refractivity contribution in [2.75, 3.05) is 6.67 Å². The van der Waals surface area contributed by atoms with Gasteiger partial charge < -0.3 is 0 Å². The fourth-order valence-electron chi connectivity index (χ4n) is 0.276. The number of halogens is 3. The Bertz CT molecular complexity index is 192. The highest BCUT2D eigenvalue weighted by Crippen LogP contribution is 2.08. The van der Waals surface area contributed by atoms with Crippen LogP contribution in [0.2, 0.25) is 0 Å². The van der Waals surface area contributed by atoms with E-state index >= 15 is 0 Å². The van der Waals surface area contributed by atoms with Crippen molar-refractivity contribution < 1.29 is 21.6 Å². The number of rotatable bonds is 3. The molecule has 0 aliphatic heterocycles. The number of hydrogen-bond donors (Lipinski definition) is 1. The summed E-state index contributed by atoms with van der Waals surface area (Å²) in [6.45, 7) is -1.70. The lowest BCUT2D eigenvalue weighted by atomic mass is 10.5. The summed E-state index contributed by atoms with van der Waals surface area (Å²) in [7, 11) is -4.60. The molecule has 2 N–H and O–H groups in total. The molecule has 0 amide bonds. The lowest BCUT2D eigenvalue weighted by molar-refractivity contribution is 0.185. The SMILES string of the molecule is NS(=O)(=O)C(F)C(F)CF. The highest BCUT2D eigenvalue weighted by atomic mass is 32.2. The summed E-state index contributed by atoms with van der Waals surface area (Å²) >= 11 is 0. The van der Waals surface area contributed by atoms with Crippen LogP contribution in [0.25, 0.3) is 0 Å². The maximum atomic E-state index is 12.0.